The summed E-state index contributed by atoms with van der Waals surface area (Å²) in [5, 5.41) is 3.19. The predicted octanol–water partition coefficient (Wildman–Crippen LogP) is 3.10. The van der Waals surface area contributed by atoms with Gasteiger partial charge in [-0.05, 0) is 18.6 Å². The van der Waals surface area contributed by atoms with Crippen LogP contribution in [0.1, 0.15) is 18.5 Å². The molecule has 0 unspecified atom stereocenters. The quantitative estimate of drug-likeness (QED) is 0.592. The lowest BCUT2D eigenvalue weighted by Gasteiger charge is -2.19. The van der Waals surface area contributed by atoms with Gasteiger partial charge in [0.05, 0.1) is 35.5 Å². The molecule has 1 aliphatic rings. The van der Waals surface area contributed by atoms with Crippen LogP contribution < -0.4 is 9.80 Å². The average molecular weight is 417 g/mol. The fourth-order valence-electron chi connectivity index (χ4n) is 3.09. The van der Waals surface area contributed by atoms with Gasteiger partial charge in [0.15, 0.2) is 10.3 Å². The van der Waals surface area contributed by atoms with Crippen molar-refractivity contribution in [3.8, 4) is 0 Å². The third kappa shape index (κ3) is 3.91. The van der Waals surface area contributed by atoms with Gasteiger partial charge in [0.1, 0.15) is 0 Å². The number of hydrogen-bond acceptors (Lipinski definition) is 7. The fraction of sp³-hybridized carbons (Fsp3) is 0.368. The van der Waals surface area contributed by atoms with Crippen molar-refractivity contribution in [2.24, 2.45) is 0 Å². The molecule has 2 amide bonds. The summed E-state index contributed by atoms with van der Waals surface area (Å²) < 4.78 is 6.22. The van der Waals surface area contributed by atoms with Crippen molar-refractivity contribution in [2.75, 3.05) is 36.6 Å². The van der Waals surface area contributed by atoms with E-state index < -0.39 is 0 Å². The summed E-state index contributed by atoms with van der Waals surface area (Å²) in [6.45, 7) is 1.55. The van der Waals surface area contributed by atoms with Crippen LogP contribution in [-0.2, 0) is 20.7 Å². The smallest absolute Gasteiger partial charge is 0.234 e. The van der Waals surface area contributed by atoms with Gasteiger partial charge in [0.25, 0.3) is 0 Å². The Morgan fingerprint density at radius 1 is 1.32 bits per heavy atom. The molecule has 3 aromatic rings. The Kier molecular flexibility index (Phi) is 5.65. The van der Waals surface area contributed by atoms with E-state index in [1.165, 1.54) is 22.7 Å². The Morgan fingerprint density at radius 2 is 2.18 bits per heavy atom. The number of carbonyl (C=O) groups excluding carboxylic acids is 2. The highest BCUT2D eigenvalue weighted by molar-refractivity contribution is 7.22. The number of nitrogens with zero attached hydrogens (tertiary/aromatic N) is 4. The molecule has 1 saturated heterocycles. The third-order valence-electron chi connectivity index (χ3n) is 4.51. The van der Waals surface area contributed by atoms with E-state index in [-0.39, 0.29) is 18.2 Å². The number of benzene rings is 1. The van der Waals surface area contributed by atoms with Gasteiger partial charge in [0.2, 0.25) is 11.8 Å². The van der Waals surface area contributed by atoms with E-state index in [9.17, 15) is 9.59 Å². The molecule has 9 heteroatoms. The van der Waals surface area contributed by atoms with Gasteiger partial charge in [0, 0.05) is 25.5 Å². The molecule has 146 valence electrons. The molecule has 7 nitrogen and oxygen atoms in total. The van der Waals surface area contributed by atoms with E-state index in [2.05, 4.69) is 9.97 Å². The van der Waals surface area contributed by atoms with Crippen molar-refractivity contribution in [1.29, 1.82) is 0 Å². The zero-order valence-electron chi connectivity index (χ0n) is 15.5. The van der Waals surface area contributed by atoms with E-state index in [4.69, 9.17) is 4.74 Å². The summed E-state index contributed by atoms with van der Waals surface area (Å²) >= 11 is 2.90. The molecule has 28 heavy (non-hydrogen) atoms. The Balaban J connectivity index is 1.52. The highest BCUT2D eigenvalue weighted by Gasteiger charge is 2.25. The molecule has 1 aliphatic heterocycles. The SMILES string of the molecule is COCCN(C(=O)Cc1csc(N2CCCC2=O)n1)c1nc2ccccc2s1. The lowest BCUT2D eigenvalue weighted by atomic mass is 10.3. The van der Waals surface area contributed by atoms with Crippen LogP contribution in [0.4, 0.5) is 10.3 Å². The van der Waals surface area contributed by atoms with Crippen LogP contribution in [0.15, 0.2) is 29.6 Å². The van der Waals surface area contributed by atoms with Crippen molar-refractivity contribution < 1.29 is 14.3 Å². The second-order valence-electron chi connectivity index (χ2n) is 6.45. The number of ether oxygens (including phenoxy) is 1. The van der Waals surface area contributed by atoms with Gasteiger partial charge < -0.3 is 4.74 Å². The minimum Gasteiger partial charge on any atom is -0.383 e. The summed E-state index contributed by atoms with van der Waals surface area (Å²) in [5.74, 6) is 0.0177. The van der Waals surface area contributed by atoms with E-state index in [0.29, 0.717) is 42.1 Å². The first kappa shape index (κ1) is 19.0. The number of thiazole rings is 2. The molecule has 2 aromatic heterocycles. The standard InChI is InChI=1S/C19H20N4O3S2/c1-26-10-9-23(19-21-14-5-2-3-6-15(14)28-19)17(25)11-13-12-27-18(20-13)22-8-4-7-16(22)24/h2-3,5-6,12H,4,7-11H2,1H3. The van der Waals surface area contributed by atoms with Crippen LogP contribution in [-0.4, -0.2) is 48.6 Å². The molecule has 4 rings (SSSR count). The molecular weight excluding hydrogens is 396 g/mol. The second-order valence-corrected chi connectivity index (χ2v) is 8.30. The molecule has 1 aromatic carbocycles. The van der Waals surface area contributed by atoms with Gasteiger partial charge in [-0.25, -0.2) is 9.97 Å². The van der Waals surface area contributed by atoms with Crippen LogP contribution in [0.3, 0.4) is 0 Å². The Hall–Kier alpha value is -2.36. The van der Waals surface area contributed by atoms with Gasteiger partial charge in [-0.3, -0.25) is 19.4 Å². The van der Waals surface area contributed by atoms with E-state index >= 15 is 0 Å². The second kappa shape index (κ2) is 8.34. The maximum atomic E-state index is 13.0. The summed E-state index contributed by atoms with van der Waals surface area (Å²) in [7, 11) is 1.61. The predicted molar refractivity (Wildman–Crippen MR) is 111 cm³/mol. The van der Waals surface area contributed by atoms with Crippen molar-refractivity contribution in [3.63, 3.8) is 0 Å². The van der Waals surface area contributed by atoms with Gasteiger partial charge in [-0.15, -0.1) is 11.3 Å². The molecule has 1 fully saturated rings. The average Bonchev–Trinajstić information content (AvgIpc) is 3.41. The minimum atomic E-state index is -0.0827. The summed E-state index contributed by atoms with van der Waals surface area (Å²) in [4.78, 5) is 37.4. The van der Waals surface area contributed by atoms with Crippen LogP contribution in [0.2, 0.25) is 0 Å². The molecule has 0 saturated carbocycles. The number of fused-ring (bicyclic) bond motifs is 1. The topological polar surface area (TPSA) is 75.6 Å². The number of aromatic nitrogens is 2. The highest BCUT2D eigenvalue weighted by atomic mass is 32.1. The first-order chi connectivity index (χ1) is 13.7. The number of carbonyl (C=O) groups is 2. The highest BCUT2D eigenvalue weighted by Crippen LogP contribution is 2.30. The van der Waals surface area contributed by atoms with Crippen LogP contribution in [0.5, 0.6) is 0 Å². The molecule has 0 radical (unpaired) electrons. The number of rotatable bonds is 7. The van der Waals surface area contributed by atoms with Crippen molar-refractivity contribution in [2.45, 2.75) is 19.3 Å². The number of anilines is 2. The van der Waals surface area contributed by atoms with E-state index in [0.717, 1.165) is 16.6 Å². The first-order valence-electron chi connectivity index (χ1n) is 9.05. The Labute approximate surface area is 170 Å². The molecular formula is C19H20N4O3S2. The molecule has 0 N–H and O–H groups in total. The largest absolute Gasteiger partial charge is 0.383 e. The zero-order chi connectivity index (χ0) is 19.5. The Bertz CT molecular complexity index is 967. The van der Waals surface area contributed by atoms with E-state index in [1.54, 1.807) is 16.9 Å². The minimum absolute atomic E-state index is 0.0827. The van der Waals surface area contributed by atoms with Crippen molar-refractivity contribution >= 4 is 55.0 Å². The Morgan fingerprint density at radius 3 is 2.93 bits per heavy atom. The van der Waals surface area contributed by atoms with Gasteiger partial charge >= 0.3 is 0 Å². The fourth-order valence-corrected chi connectivity index (χ4v) is 4.96. The number of amides is 2. The number of para-hydroxylation sites is 1. The van der Waals surface area contributed by atoms with Crippen LogP contribution in [0, 0.1) is 0 Å². The lowest BCUT2D eigenvalue weighted by Crippen LogP contribution is -2.35. The first-order valence-corrected chi connectivity index (χ1v) is 10.7. The summed E-state index contributed by atoms with van der Waals surface area (Å²) in [5.41, 5.74) is 1.55. The van der Waals surface area contributed by atoms with Crippen molar-refractivity contribution in [1.82, 2.24) is 9.97 Å². The van der Waals surface area contributed by atoms with Gasteiger partial charge in [-0.2, -0.15) is 0 Å². The lowest BCUT2D eigenvalue weighted by molar-refractivity contribution is -0.118. The van der Waals surface area contributed by atoms with Gasteiger partial charge in [-0.1, -0.05) is 23.5 Å². The summed E-state index contributed by atoms with van der Waals surface area (Å²) in [6, 6.07) is 7.83. The maximum absolute atomic E-state index is 13.0. The maximum Gasteiger partial charge on any atom is 0.234 e. The third-order valence-corrected chi connectivity index (χ3v) is 6.48. The normalized spacial score (nSPS) is 14.2. The zero-order valence-corrected chi connectivity index (χ0v) is 17.1. The van der Waals surface area contributed by atoms with Crippen molar-refractivity contribution in [3.05, 3.63) is 35.3 Å². The molecule has 0 aliphatic carbocycles. The summed E-state index contributed by atoms with van der Waals surface area (Å²) in [6.07, 6.45) is 1.59. The number of methoxy groups -OCH3 is 1. The molecule has 0 atom stereocenters. The number of hydrogen-bond donors (Lipinski definition) is 0. The van der Waals surface area contributed by atoms with Crippen LogP contribution in [0.25, 0.3) is 10.2 Å². The van der Waals surface area contributed by atoms with Crippen LogP contribution >= 0.6 is 22.7 Å². The monoisotopic (exact) mass is 416 g/mol. The molecule has 3 heterocycles. The molecule has 0 spiro atoms. The molecule has 0 bridgehead atoms. The van der Waals surface area contributed by atoms with E-state index in [1.807, 2.05) is 29.6 Å².